The molecule has 6 heavy (non-hydrogen) atoms. The van der Waals surface area contributed by atoms with Gasteiger partial charge in [-0.1, -0.05) is 0 Å². The molecule has 0 bridgehead atoms. The van der Waals surface area contributed by atoms with Gasteiger partial charge in [0.1, 0.15) is 12.5 Å². The topological polar surface area (TPSA) is 18.5 Å². The maximum Gasteiger partial charge on any atom is 2.00 e. The van der Waals surface area contributed by atoms with Crippen LogP contribution in [-0.4, -0.2) is 6.79 Å². The van der Waals surface area contributed by atoms with Crippen LogP contribution in [0.3, 0.4) is 0 Å². The molecular formula is C3H4O2Ru+2. The minimum Gasteiger partial charge on any atom is -0.462 e. The van der Waals surface area contributed by atoms with Crippen LogP contribution >= 0.6 is 0 Å². The van der Waals surface area contributed by atoms with Gasteiger partial charge < -0.3 is 9.47 Å². The quantitative estimate of drug-likeness (QED) is 0.495. The summed E-state index contributed by atoms with van der Waals surface area (Å²) in [4.78, 5) is 0. The van der Waals surface area contributed by atoms with E-state index in [0.717, 1.165) is 0 Å². The van der Waals surface area contributed by atoms with Gasteiger partial charge in [-0.25, -0.2) is 0 Å². The molecule has 0 radical (unpaired) electrons. The molecule has 0 N–H and O–H groups in total. The summed E-state index contributed by atoms with van der Waals surface area (Å²) in [7, 11) is 0. The third kappa shape index (κ3) is 1.41. The summed E-state index contributed by atoms with van der Waals surface area (Å²) in [5, 5.41) is 0. The third-order valence-electron chi connectivity index (χ3n) is 0.384. The first-order chi connectivity index (χ1) is 2.50. The summed E-state index contributed by atoms with van der Waals surface area (Å²) in [6.45, 7) is 0.389. The Morgan fingerprint density at radius 2 is 1.67 bits per heavy atom. The van der Waals surface area contributed by atoms with Crippen molar-refractivity contribution in [2.24, 2.45) is 0 Å². The van der Waals surface area contributed by atoms with Crippen LogP contribution in [0.15, 0.2) is 12.5 Å². The monoisotopic (exact) mass is 174 g/mol. The number of hydrogen-bond acceptors (Lipinski definition) is 2. The van der Waals surface area contributed by atoms with Crippen molar-refractivity contribution < 1.29 is 29.0 Å². The molecule has 0 amide bonds. The van der Waals surface area contributed by atoms with Crippen molar-refractivity contribution in [2.45, 2.75) is 0 Å². The smallest absolute Gasteiger partial charge is 0.462 e. The van der Waals surface area contributed by atoms with Gasteiger partial charge in [0.25, 0.3) is 0 Å². The number of hydrogen-bond donors (Lipinski definition) is 0. The second-order valence-corrected chi connectivity index (χ2v) is 0.723. The summed E-state index contributed by atoms with van der Waals surface area (Å²) in [6, 6.07) is 0. The van der Waals surface area contributed by atoms with E-state index in [2.05, 4.69) is 9.47 Å². The Morgan fingerprint density at radius 3 is 1.83 bits per heavy atom. The van der Waals surface area contributed by atoms with Crippen LogP contribution in [-0.2, 0) is 29.0 Å². The second kappa shape index (κ2) is 3.16. The Labute approximate surface area is 48.9 Å². The predicted octanol–water partition coefficient (Wildman–Crippen LogP) is 0.459. The zero-order valence-corrected chi connectivity index (χ0v) is 4.77. The van der Waals surface area contributed by atoms with E-state index >= 15 is 0 Å². The Kier molecular flexibility index (Phi) is 3.15. The zero-order chi connectivity index (χ0) is 3.54. The first-order valence-electron chi connectivity index (χ1n) is 1.38. The molecule has 0 aromatic heterocycles. The molecule has 0 saturated heterocycles. The van der Waals surface area contributed by atoms with E-state index in [-0.39, 0.29) is 19.5 Å². The van der Waals surface area contributed by atoms with Gasteiger partial charge in [0, 0.05) is 0 Å². The minimum atomic E-state index is 0. The maximum absolute atomic E-state index is 4.54. The molecule has 0 aliphatic carbocycles. The van der Waals surface area contributed by atoms with E-state index < -0.39 is 0 Å². The number of rotatable bonds is 0. The summed E-state index contributed by atoms with van der Waals surface area (Å²) in [5.74, 6) is 0. The van der Waals surface area contributed by atoms with Crippen molar-refractivity contribution in [1.82, 2.24) is 0 Å². The fourth-order valence-corrected chi connectivity index (χ4v) is 0.196. The Balaban J connectivity index is 0.000000250. The van der Waals surface area contributed by atoms with E-state index in [1.54, 1.807) is 0 Å². The molecule has 1 aliphatic rings. The summed E-state index contributed by atoms with van der Waals surface area (Å²) in [6.07, 6.45) is 3.03. The molecule has 34 valence electrons. The van der Waals surface area contributed by atoms with Crippen LogP contribution in [0.1, 0.15) is 0 Å². The molecule has 2 nitrogen and oxygen atoms in total. The normalized spacial score (nSPS) is 14.7. The van der Waals surface area contributed by atoms with Crippen LogP contribution in [0.4, 0.5) is 0 Å². The first-order valence-corrected chi connectivity index (χ1v) is 1.38. The molecular weight excluding hydrogens is 169 g/mol. The Bertz CT molecular complexity index is 46.8. The molecule has 0 saturated carbocycles. The average Bonchev–Trinajstić information content (AvgIpc) is 1.76. The van der Waals surface area contributed by atoms with Gasteiger partial charge in [0.05, 0.1) is 0 Å². The molecule has 0 aromatic rings. The minimum absolute atomic E-state index is 0. The van der Waals surface area contributed by atoms with Gasteiger partial charge in [0.15, 0.2) is 0 Å². The van der Waals surface area contributed by atoms with Crippen LogP contribution in [0.2, 0.25) is 0 Å². The SMILES string of the molecule is C1=COCO1.[Ru+2]. The average molecular weight is 173 g/mol. The Hall–Kier alpha value is -0.0366. The van der Waals surface area contributed by atoms with Crippen molar-refractivity contribution in [3.63, 3.8) is 0 Å². The van der Waals surface area contributed by atoms with Gasteiger partial charge >= 0.3 is 19.5 Å². The molecule has 0 aromatic carbocycles. The van der Waals surface area contributed by atoms with Crippen molar-refractivity contribution in [3.05, 3.63) is 12.5 Å². The molecule has 0 spiro atoms. The van der Waals surface area contributed by atoms with Crippen LogP contribution in [0, 0.1) is 0 Å². The molecule has 3 heteroatoms. The first kappa shape index (κ1) is 5.96. The van der Waals surface area contributed by atoms with Gasteiger partial charge in [-0.05, 0) is 0 Å². The van der Waals surface area contributed by atoms with Crippen LogP contribution in [0.25, 0.3) is 0 Å². The van der Waals surface area contributed by atoms with Crippen molar-refractivity contribution in [1.29, 1.82) is 0 Å². The van der Waals surface area contributed by atoms with Crippen molar-refractivity contribution in [3.8, 4) is 0 Å². The van der Waals surface area contributed by atoms with E-state index in [1.807, 2.05) is 0 Å². The molecule has 0 unspecified atom stereocenters. The molecule has 1 aliphatic heterocycles. The van der Waals surface area contributed by atoms with Crippen molar-refractivity contribution >= 4 is 0 Å². The maximum atomic E-state index is 4.54. The predicted molar refractivity (Wildman–Crippen MR) is 16.2 cm³/mol. The second-order valence-electron chi connectivity index (χ2n) is 0.723. The van der Waals surface area contributed by atoms with Crippen molar-refractivity contribution in [2.75, 3.05) is 6.79 Å². The summed E-state index contributed by atoms with van der Waals surface area (Å²) >= 11 is 0. The summed E-state index contributed by atoms with van der Waals surface area (Å²) < 4.78 is 9.08. The third-order valence-corrected chi connectivity index (χ3v) is 0.384. The Morgan fingerprint density at radius 1 is 1.17 bits per heavy atom. The van der Waals surface area contributed by atoms with E-state index in [4.69, 9.17) is 0 Å². The van der Waals surface area contributed by atoms with Crippen LogP contribution < -0.4 is 0 Å². The van der Waals surface area contributed by atoms with E-state index in [9.17, 15) is 0 Å². The molecule has 1 heterocycles. The fraction of sp³-hybridized carbons (Fsp3) is 0.333. The van der Waals surface area contributed by atoms with Crippen LogP contribution in [0.5, 0.6) is 0 Å². The van der Waals surface area contributed by atoms with Gasteiger partial charge in [0.2, 0.25) is 6.79 Å². The van der Waals surface area contributed by atoms with Gasteiger partial charge in [-0.3, -0.25) is 0 Å². The standard InChI is InChI=1S/C3H4O2.Ru/c1-2-5-3-4-1;/h1-2H,3H2;/q;+2. The molecule has 0 atom stereocenters. The fourth-order valence-electron chi connectivity index (χ4n) is 0.196. The number of ether oxygens (including phenoxy) is 2. The van der Waals surface area contributed by atoms with Gasteiger partial charge in [-0.15, -0.1) is 0 Å². The zero-order valence-electron chi connectivity index (χ0n) is 3.03. The molecule has 1 rings (SSSR count). The molecule has 0 fully saturated rings. The largest absolute Gasteiger partial charge is 2.00 e. The van der Waals surface area contributed by atoms with Gasteiger partial charge in [-0.2, -0.15) is 0 Å². The van der Waals surface area contributed by atoms with E-state index in [0.29, 0.717) is 6.79 Å². The summed E-state index contributed by atoms with van der Waals surface area (Å²) in [5.41, 5.74) is 0. The van der Waals surface area contributed by atoms with E-state index in [1.165, 1.54) is 12.5 Å².